The molecule has 1 unspecified atom stereocenters. The summed E-state index contributed by atoms with van der Waals surface area (Å²) in [5.74, 6) is 1.27. The SMILES string of the molecule is COc1ccc(C(=O)C(C)Sc2ccc(C)c(C)c2)cc1OC. The van der Waals surface area contributed by atoms with Gasteiger partial charge in [0, 0.05) is 10.5 Å². The predicted octanol–water partition coefficient (Wildman–Crippen LogP) is 4.68. The fourth-order valence-corrected chi connectivity index (χ4v) is 3.31. The Morgan fingerprint density at radius 1 is 0.957 bits per heavy atom. The zero-order valence-corrected chi connectivity index (χ0v) is 15.0. The van der Waals surface area contributed by atoms with Crippen molar-refractivity contribution in [1.29, 1.82) is 0 Å². The van der Waals surface area contributed by atoms with Crippen LogP contribution in [0.5, 0.6) is 11.5 Å². The second-order valence-corrected chi connectivity index (χ2v) is 6.85. The molecule has 122 valence electrons. The topological polar surface area (TPSA) is 35.5 Å². The van der Waals surface area contributed by atoms with Crippen molar-refractivity contribution in [2.45, 2.75) is 30.9 Å². The number of carbonyl (C=O) groups is 1. The molecule has 2 aromatic carbocycles. The van der Waals surface area contributed by atoms with Crippen LogP contribution in [0, 0.1) is 13.8 Å². The van der Waals surface area contributed by atoms with Gasteiger partial charge in [-0.3, -0.25) is 4.79 Å². The smallest absolute Gasteiger partial charge is 0.176 e. The Morgan fingerprint density at radius 3 is 2.26 bits per heavy atom. The standard InChI is InChI=1S/C19H22O3S/c1-12-6-8-16(10-13(12)2)23-14(3)19(20)15-7-9-17(21-4)18(11-15)22-5/h6-11,14H,1-5H3. The quantitative estimate of drug-likeness (QED) is 0.569. The lowest BCUT2D eigenvalue weighted by atomic mass is 10.1. The molecule has 0 aliphatic heterocycles. The Bertz CT molecular complexity index is 710. The molecule has 0 aliphatic rings. The highest BCUT2D eigenvalue weighted by Gasteiger charge is 2.18. The van der Waals surface area contributed by atoms with Crippen molar-refractivity contribution in [3.8, 4) is 11.5 Å². The molecule has 3 nitrogen and oxygen atoms in total. The van der Waals surface area contributed by atoms with E-state index in [4.69, 9.17) is 9.47 Å². The molecule has 0 aliphatic carbocycles. The van der Waals surface area contributed by atoms with Gasteiger partial charge in [0.1, 0.15) is 0 Å². The Labute approximate surface area is 142 Å². The molecular formula is C19H22O3S. The number of hydrogen-bond donors (Lipinski definition) is 0. The van der Waals surface area contributed by atoms with Crippen molar-refractivity contribution in [2.75, 3.05) is 14.2 Å². The van der Waals surface area contributed by atoms with E-state index >= 15 is 0 Å². The van der Waals surface area contributed by atoms with Gasteiger partial charge < -0.3 is 9.47 Å². The van der Waals surface area contributed by atoms with Crippen molar-refractivity contribution in [3.05, 3.63) is 53.1 Å². The first kappa shape index (κ1) is 17.4. The van der Waals surface area contributed by atoms with E-state index in [9.17, 15) is 4.79 Å². The van der Waals surface area contributed by atoms with Gasteiger partial charge in [0.25, 0.3) is 0 Å². The average Bonchev–Trinajstić information content (AvgIpc) is 2.56. The molecule has 2 aromatic rings. The lowest BCUT2D eigenvalue weighted by Crippen LogP contribution is -2.13. The molecule has 0 amide bonds. The first-order valence-corrected chi connectivity index (χ1v) is 8.34. The minimum atomic E-state index is -0.171. The summed E-state index contributed by atoms with van der Waals surface area (Å²) in [5.41, 5.74) is 3.13. The Hall–Kier alpha value is -1.94. The largest absolute Gasteiger partial charge is 0.493 e. The van der Waals surface area contributed by atoms with Crippen molar-refractivity contribution in [1.82, 2.24) is 0 Å². The number of ketones is 1. The maximum Gasteiger partial charge on any atom is 0.176 e. The highest BCUT2D eigenvalue weighted by molar-refractivity contribution is 8.00. The maximum atomic E-state index is 12.7. The van der Waals surface area contributed by atoms with E-state index in [0.717, 1.165) is 4.90 Å². The van der Waals surface area contributed by atoms with Crippen LogP contribution in [-0.2, 0) is 0 Å². The van der Waals surface area contributed by atoms with E-state index in [1.165, 1.54) is 11.1 Å². The number of ether oxygens (including phenoxy) is 2. The van der Waals surface area contributed by atoms with Crippen LogP contribution in [0.2, 0.25) is 0 Å². The number of carbonyl (C=O) groups excluding carboxylic acids is 1. The third-order valence-corrected chi connectivity index (χ3v) is 4.92. The zero-order valence-electron chi connectivity index (χ0n) is 14.2. The zero-order chi connectivity index (χ0) is 17.0. The molecule has 0 saturated carbocycles. The lowest BCUT2D eigenvalue weighted by molar-refractivity contribution is 0.0993. The number of methoxy groups -OCH3 is 2. The molecule has 0 radical (unpaired) electrons. The molecule has 2 rings (SSSR count). The highest BCUT2D eigenvalue weighted by atomic mass is 32.2. The molecular weight excluding hydrogens is 308 g/mol. The Kier molecular flexibility index (Phi) is 5.72. The van der Waals surface area contributed by atoms with Gasteiger partial charge in [-0.15, -0.1) is 11.8 Å². The number of thioether (sulfide) groups is 1. The second kappa shape index (κ2) is 7.55. The summed E-state index contributed by atoms with van der Waals surface area (Å²) < 4.78 is 10.5. The fraction of sp³-hybridized carbons (Fsp3) is 0.316. The van der Waals surface area contributed by atoms with E-state index in [1.54, 1.807) is 44.2 Å². The first-order valence-electron chi connectivity index (χ1n) is 7.46. The van der Waals surface area contributed by atoms with Gasteiger partial charge in [0.15, 0.2) is 17.3 Å². The fourth-order valence-electron chi connectivity index (χ4n) is 2.27. The molecule has 4 heteroatoms. The average molecular weight is 330 g/mol. The van der Waals surface area contributed by atoms with Crippen LogP contribution in [0.3, 0.4) is 0 Å². The summed E-state index contributed by atoms with van der Waals surface area (Å²) in [6.07, 6.45) is 0. The molecule has 1 atom stereocenters. The van der Waals surface area contributed by atoms with E-state index in [0.29, 0.717) is 17.1 Å². The van der Waals surface area contributed by atoms with Crippen LogP contribution < -0.4 is 9.47 Å². The van der Waals surface area contributed by atoms with Crippen LogP contribution in [-0.4, -0.2) is 25.3 Å². The first-order chi connectivity index (χ1) is 11.0. The minimum Gasteiger partial charge on any atom is -0.493 e. The van der Waals surface area contributed by atoms with Gasteiger partial charge >= 0.3 is 0 Å². The molecule has 0 bridgehead atoms. The molecule has 0 N–H and O–H groups in total. The van der Waals surface area contributed by atoms with Gasteiger partial charge in [0.2, 0.25) is 0 Å². The van der Waals surface area contributed by atoms with Crippen LogP contribution in [0.25, 0.3) is 0 Å². The summed E-state index contributed by atoms with van der Waals surface area (Å²) in [6.45, 7) is 6.10. The highest BCUT2D eigenvalue weighted by Crippen LogP contribution is 2.31. The summed E-state index contributed by atoms with van der Waals surface area (Å²) in [4.78, 5) is 13.8. The summed E-state index contributed by atoms with van der Waals surface area (Å²) in [5, 5.41) is -0.171. The normalized spacial score (nSPS) is 11.9. The number of benzene rings is 2. The molecule has 0 heterocycles. The number of Topliss-reactive ketones (excluding diaryl/α,β-unsaturated/α-hetero) is 1. The van der Waals surface area contributed by atoms with Crippen molar-refractivity contribution in [2.24, 2.45) is 0 Å². The summed E-state index contributed by atoms with van der Waals surface area (Å²) in [6, 6.07) is 11.5. The minimum absolute atomic E-state index is 0.0779. The van der Waals surface area contributed by atoms with E-state index in [-0.39, 0.29) is 11.0 Å². The van der Waals surface area contributed by atoms with Crippen LogP contribution >= 0.6 is 11.8 Å². The molecule has 0 fully saturated rings. The predicted molar refractivity (Wildman–Crippen MR) is 95.1 cm³/mol. The monoisotopic (exact) mass is 330 g/mol. The van der Waals surface area contributed by atoms with Gasteiger partial charge in [-0.1, -0.05) is 6.07 Å². The van der Waals surface area contributed by atoms with Gasteiger partial charge in [0.05, 0.1) is 19.5 Å². The van der Waals surface area contributed by atoms with Crippen LogP contribution in [0.1, 0.15) is 28.4 Å². The molecule has 0 aromatic heterocycles. The molecule has 0 saturated heterocycles. The summed E-state index contributed by atoms with van der Waals surface area (Å²) in [7, 11) is 3.15. The second-order valence-electron chi connectivity index (χ2n) is 5.44. The Balaban J connectivity index is 2.17. The van der Waals surface area contributed by atoms with Gasteiger partial charge in [-0.25, -0.2) is 0 Å². The van der Waals surface area contributed by atoms with Gasteiger partial charge in [-0.2, -0.15) is 0 Å². The Morgan fingerprint density at radius 2 is 1.65 bits per heavy atom. The third-order valence-electron chi connectivity index (χ3n) is 3.83. The molecule has 0 spiro atoms. The number of hydrogen-bond acceptors (Lipinski definition) is 4. The molecule has 23 heavy (non-hydrogen) atoms. The van der Waals surface area contributed by atoms with E-state index in [2.05, 4.69) is 32.0 Å². The third kappa shape index (κ3) is 4.08. The van der Waals surface area contributed by atoms with Gasteiger partial charge in [-0.05, 0) is 62.2 Å². The van der Waals surface area contributed by atoms with Crippen molar-refractivity contribution in [3.63, 3.8) is 0 Å². The summed E-state index contributed by atoms with van der Waals surface area (Å²) >= 11 is 1.57. The maximum absolute atomic E-state index is 12.7. The van der Waals surface area contributed by atoms with E-state index < -0.39 is 0 Å². The number of aryl methyl sites for hydroxylation is 2. The number of rotatable bonds is 6. The van der Waals surface area contributed by atoms with E-state index in [1.807, 2.05) is 6.92 Å². The van der Waals surface area contributed by atoms with Crippen molar-refractivity contribution >= 4 is 17.5 Å². The lowest BCUT2D eigenvalue weighted by Gasteiger charge is -2.13. The van der Waals surface area contributed by atoms with Crippen molar-refractivity contribution < 1.29 is 14.3 Å². The van der Waals surface area contributed by atoms with Crippen LogP contribution in [0.4, 0.5) is 0 Å². The van der Waals surface area contributed by atoms with Crippen LogP contribution in [0.15, 0.2) is 41.3 Å².